The summed E-state index contributed by atoms with van der Waals surface area (Å²) in [5.74, 6) is 0.204. The van der Waals surface area contributed by atoms with E-state index in [4.69, 9.17) is 9.90 Å². The van der Waals surface area contributed by atoms with Crippen molar-refractivity contribution in [3.63, 3.8) is 0 Å². The van der Waals surface area contributed by atoms with Crippen LogP contribution in [0.15, 0.2) is 0 Å². The summed E-state index contributed by atoms with van der Waals surface area (Å²) in [5.41, 5.74) is 0. The Hall–Kier alpha value is -0.0600. The molecule has 0 saturated carbocycles. The van der Waals surface area contributed by atoms with Gasteiger partial charge in [0.05, 0.1) is 0 Å². The van der Waals surface area contributed by atoms with Gasteiger partial charge in [0.15, 0.2) is 0 Å². The Labute approximate surface area is 81.3 Å². The first-order valence-electron chi connectivity index (χ1n) is 2.63. The maximum atomic E-state index is 10.1. The van der Waals surface area contributed by atoms with E-state index in [9.17, 15) is 4.79 Å². The second-order valence-corrected chi connectivity index (χ2v) is 1.55. The zero-order valence-electron chi connectivity index (χ0n) is 5.92. The van der Waals surface area contributed by atoms with Crippen LogP contribution in [-0.4, -0.2) is 18.9 Å². The molecule has 1 aliphatic rings. The van der Waals surface area contributed by atoms with Crippen molar-refractivity contribution in [3.8, 4) is 0 Å². The van der Waals surface area contributed by atoms with Gasteiger partial charge in [0, 0.05) is 19.4 Å². The molecule has 0 aromatic rings. The maximum Gasteiger partial charge on any atom is 1.00 e. The molecule has 0 radical (unpaired) electrons. The van der Waals surface area contributed by atoms with Gasteiger partial charge in [0.1, 0.15) is 0 Å². The molecule has 1 N–H and O–H groups in total. The molecule has 0 aliphatic carbocycles. The third-order valence-corrected chi connectivity index (χ3v) is 0.903. The van der Waals surface area contributed by atoms with Gasteiger partial charge in [-0.05, 0) is 6.42 Å². The second-order valence-electron chi connectivity index (χ2n) is 1.55. The summed E-state index contributed by atoms with van der Waals surface area (Å²) in [7, 11) is 0. The van der Waals surface area contributed by atoms with E-state index in [-0.39, 0.29) is 35.5 Å². The van der Waals surface area contributed by atoms with Crippen LogP contribution in [0.25, 0.3) is 0 Å². The van der Waals surface area contributed by atoms with E-state index in [0.717, 1.165) is 19.4 Å². The van der Waals surface area contributed by atoms with Crippen LogP contribution in [0.3, 0.4) is 0 Å². The Balaban J connectivity index is 0. The molecule has 0 atom stereocenters. The number of carbonyl (C=O) groups excluding carboxylic acids is 2. The quantitative estimate of drug-likeness (QED) is 0.281. The summed E-state index contributed by atoms with van der Waals surface area (Å²) in [6, 6.07) is 0. The van der Waals surface area contributed by atoms with E-state index in [0.29, 0.717) is 0 Å². The first-order chi connectivity index (χ1) is 4.31. The Kier molecular flexibility index (Phi) is 11.3. The van der Waals surface area contributed by atoms with Gasteiger partial charge < -0.3 is 15.2 Å². The third-order valence-electron chi connectivity index (χ3n) is 0.903. The summed E-state index contributed by atoms with van der Waals surface area (Å²) >= 11 is 0. The maximum absolute atomic E-state index is 10.1. The molecule has 1 aliphatic heterocycles. The van der Waals surface area contributed by atoms with Crippen molar-refractivity contribution in [1.82, 2.24) is 5.32 Å². The normalized spacial score (nSPS) is 13.8. The predicted molar refractivity (Wildman–Crippen MR) is 28.3 cm³/mol. The number of amides is 1. The van der Waals surface area contributed by atoms with Crippen LogP contribution in [0.5, 0.6) is 0 Å². The molecule has 1 fully saturated rings. The van der Waals surface area contributed by atoms with E-state index in [1.165, 1.54) is 0 Å². The van der Waals surface area contributed by atoms with Crippen molar-refractivity contribution >= 4 is 12.4 Å². The summed E-state index contributed by atoms with van der Waals surface area (Å²) in [4.78, 5) is 18.4. The molecule has 52 valence electrons. The summed E-state index contributed by atoms with van der Waals surface area (Å²) in [6.45, 7) is 0.388. The minimum absolute atomic E-state index is 0. The van der Waals surface area contributed by atoms with Crippen LogP contribution >= 0.6 is 0 Å². The van der Waals surface area contributed by atoms with Gasteiger partial charge in [-0.3, -0.25) is 4.79 Å². The average Bonchev–Trinajstić information content (AvgIpc) is 2.20. The second kappa shape index (κ2) is 8.94. The molecule has 5 heteroatoms. The molecule has 0 unspecified atom stereocenters. The van der Waals surface area contributed by atoms with Gasteiger partial charge in [0.2, 0.25) is 5.91 Å². The van der Waals surface area contributed by atoms with Gasteiger partial charge >= 0.3 is 29.6 Å². The fourth-order valence-electron chi connectivity index (χ4n) is 0.565. The molecule has 4 nitrogen and oxygen atoms in total. The smallest absolute Gasteiger partial charge is 0.554 e. The molecule has 0 aromatic carbocycles. The van der Waals surface area contributed by atoms with Gasteiger partial charge in [-0.2, -0.15) is 0 Å². The van der Waals surface area contributed by atoms with Gasteiger partial charge in [-0.25, -0.2) is 0 Å². The standard InChI is InChI=1S/C4H7NO.CH2O2.Na/c6-4-2-1-3-5-4;2-1-3;/h1-3H2,(H,5,6);1H,(H,2,3);/q;;+1/p-1. The minimum Gasteiger partial charge on any atom is -0.554 e. The topological polar surface area (TPSA) is 69.2 Å². The molecule has 0 aromatic heterocycles. The van der Waals surface area contributed by atoms with Crippen LogP contribution in [0.2, 0.25) is 0 Å². The van der Waals surface area contributed by atoms with E-state index in [1.807, 2.05) is 0 Å². The Morgan fingerprint density at radius 3 is 2.20 bits per heavy atom. The first-order valence-corrected chi connectivity index (χ1v) is 2.63. The zero-order chi connectivity index (χ0) is 7.11. The third kappa shape index (κ3) is 7.94. The molecule has 0 bridgehead atoms. The monoisotopic (exact) mass is 153 g/mol. The molecule has 0 spiro atoms. The van der Waals surface area contributed by atoms with Crippen molar-refractivity contribution < 1.29 is 44.3 Å². The Morgan fingerprint density at radius 2 is 2.10 bits per heavy atom. The van der Waals surface area contributed by atoms with Crippen molar-refractivity contribution in [2.24, 2.45) is 0 Å². The molecule has 1 amide bonds. The molecule has 1 saturated heterocycles. The van der Waals surface area contributed by atoms with E-state index in [1.54, 1.807) is 0 Å². The van der Waals surface area contributed by atoms with Gasteiger partial charge in [-0.15, -0.1) is 0 Å². The van der Waals surface area contributed by atoms with Gasteiger partial charge in [0.25, 0.3) is 0 Å². The van der Waals surface area contributed by atoms with Crippen molar-refractivity contribution in [1.29, 1.82) is 0 Å². The van der Waals surface area contributed by atoms with Crippen molar-refractivity contribution in [2.45, 2.75) is 12.8 Å². The molecule has 1 rings (SSSR count). The SMILES string of the molecule is O=C1CCCN1.O=C[O-].[Na+]. The van der Waals surface area contributed by atoms with Crippen molar-refractivity contribution in [3.05, 3.63) is 0 Å². The number of rotatable bonds is 0. The number of hydrogen-bond acceptors (Lipinski definition) is 3. The minimum atomic E-state index is -0.500. The summed E-state index contributed by atoms with van der Waals surface area (Å²) in [6.07, 6.45) is 1.76. The number of nitrogens with one attached hydrogen (secondary N) is 1. The fourth-order valence-corrected chi connectivity index (χ4v) is 0.565. The van der Waals surface area contributed by atoms with E-state index in [2.05, 4.69) is 5.32 Å². The van der Waals surface area contributed by atoms with Crippen LogP contribution in [0.4, 0.5) is 0 Å². The summed E-state index contributed by atoms with van der Waals surface area (Å²) in [5, 5.41) is 10.9. The Morgan fingerprint density at radius 1 is 1.60 bits per heavy atom. The molecular formula is C5H8NNaO3. The van der Waals surface area contributed by atoms with E-state index < -0.39 is 6.47 Å². The predicted octanol–water partition coefficient (Wildman–Crippen LogP) is -4.73. The fraction of sp³-hybridized carbons (Fsp3) is 0.600. The van der Waals surface area contributed by atoms with Crippen molar-refractivity contribution in [2.75, 3.05) is 6.54 Å². The van der Waals surface area contributed by atoms with Crippen LogP contribution < -0.4 is 40.0 Å². The van der Waals surface area contributed by atoms with E-state index >= 15 is 0 Å². The first kappa shape index (κ1) is 12.6. The van der Waals surface area contributed by atoms with Crippen LogP contribution in [-0.2, 0) is 9.59 Å². The zero-order valence-corrected chi connectivity index (χ0v) is 7.92. The largest absolute Gasteiger partial charge is 1.00 e. The number of carbonyl (C=O) groups is 2. The Bertz CT molecular complexity index is 99.1. The number of hydrogen-bond donors (Lipinski definition) is 1. The van der Waals surface area contributed by atoms with Crippen LogP contribution in [0.1, 0.15) is 12.8 Å². The molecule has 10 heavy (non-hydrogen) atoms. The average molecular weight is 153 g/mol. The molecular weight excluding hydrogens is 145 g/mol. The van der Waals surface area contributed by atoms with Crippen LogP contribution in [0, 0.1) is 0 Å². The van der Waals surface area contributed by atoms with Gasteiger partial charge in [-0.1, -0.05) is 0 Å². The number of carboxylic acid groups (broad SMARTS) is 1. The summed E-state index contributed by atoms with van der Waals surface area (Å²) < 4.78 is 0. The molecule has 1 heterocycles.